The van der Waals surface area contributed by atoms with E-state index in [9.17, 15) is 13.2 Å². The lowest BCUT2D eigenvalue weighted by atomic mass is 10.4. The van der Waals surface area contributed by atoms with Crippen LogP contribution in [0.4, 0.5) is 4.79 Å². The smallest absolute Gasteiger partial charge is 0.314 e. The van der Waals surface area contributed by atoms with Gasteiger partial charge in [-0.3, -0.25) is 0 Å². The van der Waals surface area contributed by atoms with E-state index >= 15 is 0 Å². The highest BCUT2D eigenvalue weighted by Crippen LogP contribution is 2.21. The molecule has 118 valence electrons. The van der Waals surface area contributed by atoms with Gasteiger partial charge in [-0.25, -0.2) is 18.4 Å². The molecule has 2 atom stereocenters. The molecule has 0 bridgehead atoms. The third-order valence-corrected chi connectivity index (χ3v) is 5.14. The summed E-state index contributed by atoms with van der Waals surface area (Å²) >= 11 is 1.66. The maximum Gasteiger partial charge on any atom is 0.314 e. The van der Waals surface area contributed by atoms with E-state index in [1.807, 2.05) is 37.3 Å². The van der Waals surface area contributed by atoms with E-state index in [0.717, 1.165) is 4.90 Å². The Morgan fingerprint density at radius 2 is 1.76 bits per heavy atom. The second kappa shape index (κ2) is 8.26. The third kappa shape index (κ3) is 7.35. The summed E-state index contributed by atoms with van der Waals surface area (Å²) < 4.78 is 22.0. The molecule has 0 aliphatic carbocycles. The predicted octanol–water partition coefficient (Wildman–Crippen LogP) is 1.14. The van der Waals surface area contributed by atoms with Crippen molar-refractivity contribution in [3.63, 3.8) is 0 Å². The van der Waals surface area contributed by atoms with Crippen LogP contribution in [0.2, 0.25) is 0 Å². The normalized spacial score (nSPS) is 14.2. The summed E-state index contributed by atoms with van der Waals surface area (Å²) in [7, 11) is -3.62. The largest absolute Gasteiger partial charge is 0.337 e. The van der Waals surface area contributed by atoms with Crippen molar-refractivity contribution in [1.29, 1.82) is 0 Å². The first kappa shape index (κ1) is 17.8. The maximum atomic E-state index is 11.6. The van der Waals surface area contributed by atoms with Crippen LogP contribution in [-0.4, -0.2) is 38.0 Å². The minimum absolute atomic E-state index is 0.00905. The van der Waals surface area contributed by atoms with Crippen LogP contribution in [0.3, 0.4) is 0 Å². The van der Waals surface area contributed by atoms with Gasteiger partial charge in [-0.1, -0.05) is 25.1 Å². The standard InChI is InChI=1S/C13H21N3O3S2/c1-10(20-12-6-4-3-5-7-12)8-15-13(17)16-9-11(2)21(14,18)19/h3-7,10-11H,8-9H2,1-2H3,(H2,14,18,19)(H2,15,16,17)/t10-,11+/m0/s1. The lowest BCUT2D eigenvalue weighted by Crippen LogP contribution is -2.43. The van der Waals surface area contributed by atoms with E-state index in [-0.39, 0.29) is 11.8 Å². The van der Waals surface area contributed by atoms with Crippen molar-refractivity contribution in [2.45, 2.75) is 29.2 Å². The fraction of sp³-hybridized carbons (Fsp3) is 0.462. The molecule has 0 spiro atoms. The third-order valence-electron chi connectivity index (χ3n) is 2.74. The van der Waals surface area contributed by atoms with Crippen LogP contribution in [-0.2, 0) is 10.0 Å². The first-order chi connectivity index (χ1) is 9.79. The van der Waals surface area contributed by atoms with E-state index in [0.29, 0.717) is 6.54 Å². The summed E-state index contributed by atoms with van der Waals surface area (Å²) in [6.45, 7) is 3.93. The van der Waals surface area contributed by atoms with Crippen molar-refractivity contribution in [2.24, 2.45) is 5.14 Å². The molecule has 1 rings (SSSR count). The summed E-state index contributed by atoms with van der Waals surface area (Å²) in [5.41, 5.74) is 0. The Balaban J connectivity index is 2.27. The molecule has 6 nitrogen and oxygen atoms in total. The molecule has 0 unspecified atom stereocenters. The molecule has 0 heterocycles. The molecule has 8 heteroatoms. The van der Waals surface area contributed by atoms with Crippen LogP contribution in [0, 0.1) is 0 Å². The zero-order valence-electron chi connectivity index (χ0n) is 12.1. The number of hydrogen-bond donors (Lipinski definition) is 3. The Kier molecular flexibility index (Phi) is 7.00. The Hall–Kier alpha value is -1.25. The molecule has 0 aromatic heterocycles. The van der Waals surface area contributed by atoms with Crippen LogP contribution < -0.4 is 15.8 Å². The van der Waals surface area contributed by atoms with Crippen LogP contribution in [0.5, 0.6) is 0 Å². The number of benzene rings is 1. The molecule has 21 heavy (non-hydrogen) atoms. The molecule has 0 aliphatic rings. The summed E-state index contributed by atoms with van der Waals surface area (Å²) in [6, 6.07) is 9.50. The minimum Gasteiger partial charge on any atom is -0.337 e. The molecule has 0 fully saturated rings. The van der Waals surface area contributed by atoms with Crippen molar-refractivity contribution >= 4 is 27.8 Å². The van der Waals surface area contributed by atoms with E-state index in [2.05, 4.69) is 10.6 Å². The number of sulfonamides is 1. The Morgan fingerprint density at radius 1 is 1.19 bits per heavy atom. The number of amides is 2. The van der Waals surface area contributed by atoms with Crippen LogP contribution in [0.25, 0.3) is 0 Å². The van der Waals surface area contributed by atoms with Gasteiger partial charge in [0.25, 0.3) is 0 Å². The summed E-state index contributed by atoms with van der Waals surface area (Å²) in [5.74, 6) is 0. The molecule has 0 aliphatic heterocycles. The Labute approximate surface area is 129 Å². The van der Waals surface area contributed by atoms with Gasteiger partial charge in [0, 0.05) is 23.2 Å². The number of thioether (sulfide) groups is 1. The number of urea groups is 1. The van der Waals surface area contributed by atoms with Crippen molar-refractivity contribution in [1.82, 2.24) is 10.6 Å². The second-order valence-corrected chi connectivity index (χ2v) is 8.23. The Bertz CT molecular complexity index is 549. The highest BCUT2D eigenvalue weighted by atomic mass is 32.2. The number of hydrogen-bond acceptors (Lipinski definition) is 4. The first-order valence-corrected chi connectivity index (χ1v) is 9.03. The average molecular weight is 331 g/mol. The minimum atomic E-state index is -3.62. The fourth-order valence-electron chi connectivity index (χ4n) is 1.42. The Morgan fingerprint density at radius 3 is 2.33 bits per heavy atom. The lowest BCUT2D eigenvalue weighted by Gasteiger charge is -2.14. The molecule has 0 saturated heterocycles. The monoisotopic (exact) mass is 331 g/mol. The fourth-order valence-corrected chi connectivity index (χ4v) is 2.69. The van der Waals surface area contributed by atoms with Gasteiger partial charge in [0.2, 0.25) is 10.0 Å². The van der Waals surface area contributed by atoms with Crippen molar-refractivity contribution < 1.29 is 13.2 Å². The van der Waals surface area contributed by atoms with Crippen LogP contribution in [0.1, 0.15) is 13.8 Å². The lowest BCUT2D eigenvalue weighted by molar-refractivity contribution is 0.241. The number of rotatable bonds is 7. The highest BCUT2D eigenvalue weighted by molar-refractivity contribution is 8.00. The quantitative estimate of drug-likeness (QED) is 0.652. The number of nitrogens with two attached hydrogens (primary N) is 1. The van der Waals surface area contributed by atoms with Gasteiger partial charge in [-0.2, -0.15) is 0 Å². The zero-order chi connectivity index (χ0) is 15.9. The van der Waals surface area contributed by atoms with E-state index in [1.165, 1.54) is 6.92 Å². The molecule has 1 aromatic rings. The number of primary sulfonamides is 1. The van der Waals surface area contributed by atoms with Crippen molar-refractivity contribution in [3.8, 4) is 0 Å². The van der Waals surface area contributed by atoms with Gasteiger partial charge < -0.3 is 10.6 Å². The van der Waals surface area contributed by atoms with Crippen LogP contribution >= 0.6 is 11.8 Å². The first-order valence-electron chi connectivity index (χ1n) is 6.54. The average Bonchev–Trinajstić information content (AvgIpc) is 2.42. The molecular weight excluding hydrogens is 310 g/mol. The van der Waals surface area contributed by atoms with Gasteiger partial charge in [-0.05, 0) is 19.1 Å². The van der Waals surface area contributed by atoms with Gasteiger partial charge in [-0.15, -0.1) is 11.8 Å². The topological polar surface area (TPSA) is 101 Å². The summed E-state index contributed by atoms with van der Waals surface area (Å²) in [6.07, 6.45) is 0. The van der Waals surface area contributed by atoms with E-state index in [4.69, 9.17) is 5.14 Å². The number of carbonyl (C=O) groups excluding carboxylic acids is 1. The molecule has 1 aromatic carbocycles. The van der Waals surface area contributed by atoms with Gasteiger partial charge in [0.1, 0.15) is 0 Å². The molecule has 4 N–H and O–H groups in total. The maximum absolute atomic E-state index is 11.6. The van der Waals surface area contributed by atoms with Gasteiger partial charge in [0.05, 0.1) is 5.25 Å². The number of carbonyl (C=O) groups is 1. The molecule has 0 saturated carbocycles. The molecule has 0 radical (unpaired) electrons. The van der Waals surface area contributed by atoms with Crippen molar-refractivity contribution in [3.05, 3.63) is 30.3 Å². The van der Waals surface area contributed by atoms with E-state index < -0.39 is 21.3 Å². The number of nitrogens with one attached hydrogen (secondary N) is 2. The van der Waals surface area contributed by atoms with Gasteiger partial charge >= 0.3 is 6.03 Å². The second-order valence-electron chi connectivity index (χ2n) is 4.73. The molecule has 2 amide bonds. The predicted molar refractivity (Wildman–Crippen MR) is 85.7 cm³/mol. The zero-order valence-corrected chi connectivity index (χ0v) is 13.7. The summed E-state index contributed by atoms with van der Waals surface area (Å²) in [5, 5.41) is 9.56. The van der Waals surface area contributed by atoms with Crippen molar-refractivity contribution in [2.75, 3.05) is 13.1 Å². The highest BCUT2D eigenvalue weighted by Gasteiger charge is 2.16. The van der Waals surface area contributed by atoms with E-state index in [1.54, 1.807) is 11.8 Å². The SMILES string of the molecule is C[C@H](CNC(=O)NC[C@H](C)Sc1ccccc1)S(N)(=O)=O. The summed E-state index contributed by atoms with van der Waals surface area (Å²) in [4.78, 5) is 12.7. The van der Waals surface area contributed by atoms with Gasteiger partial charge in [0.15, 0.2) is 0 Å². The molecular formula is C13H21N3O3S2. The van der Waals surface area contributed by atoms with Crippen LogP contribution in [0.15, 0.2) is 35.2 Å².